The Hall–Kier alpha value is -1.61. The topological polar surface area (TPSA) is 63.5 Å². The van der Waals surface area contributed by atoms with E-state index in [4.69, 9.17) is 4.74 Å². The van der Waals surface area contributed by atoms with Crippen molar-refractivity contribution in [2.75, 3.05) is 33.4 Å². The minimum Gasteiger partial charge on any atom is -0.382 e. The number of hydrogen-bond acceptors (Lipinski definition) is 3. The molecule has 1 heterocycles. The zero-order chi connectivity index (χ0) is 17.0. The molecule has 0 bridgehead atoms. The van der Waals surface area contributed by atoms with Gasteiger partial charge < -0.3 is 15.4 Å². The first-order chi connectivity index (χ1) is 11.8. The summed E-state index contributed by atoms with van der Waals surface area (Å²) in [5.74, 6) is 0.821. The molecule has 0 saturated heterocycles. The molecular formula is C18H28IN5O. The highest BCUT2D eigenvalue weighted by molar-refractivity contribution is 14.0. The summed E-state index contributed by atoms with van der Waals surface area (Å²) < 4.78 is 7.22. The number of ether oxygens (including phenoxy) is 1. The molecule has 0 saturated carbocycles. The molecule has 0 fully saturated rings. The molecular weight excluding hydrogens is 429 g/mol. The van der Waals surface area contributed by atoms with Gasteiger partial charge in [-0.25, -0.2) is 4.68 Å². The van der Waals surface area contributed by atoms with E-state index < -0.39 is 0 Å². The van der Waals surface area contributed by atoms with Crippen molar-refractivity contribution in [1.82, 2.24) is 20.4 Å². The lowest BCUT2D eigenvalue weighted by atomic mass is 10.2. The fourth-order valence-corrected chi connectivity index (χ4v) is 2.28. The normalized spacial score (nSPS) is 11.0. The third-order valence-corrected chi connectivity index (χ3v) is 3.55. The summed E-state index contributed by atoms with van der Waals surface area (Å²) in [5, 5.41) is 11.0. The van der Waals surface area contributed by atoms with E-state index >= 15 is 0 Å². The Morgan fingerprint density at radius 1 is 1.20 bits per heavy atom. The second-order valence-corrected chi connectivity index (χ2v) is 5.35. The molecule has 0 atom stereocenters. The monoisotopic (exact) mass is 457 g/mol. The van der Waals surface area contributed by atoms with Crippen LogP contribution in [0.4, 0.5) is 0 Å². The molecule has 0 aliphatic carbocycles. The predicted octanol–water partition coefficient (Wildman–Crippen LogP) is 2.62. The number of para-hydroxylation sites is 1. The average molecular weight is 457 g/mol. The molecule has 2 aromatic rings. The molecule has 2 rings (SSSR count). The third kappa shape index (κ3) is 7.87. The molecule has 7 heteroatoms. The Bertz CT molecular complexity index is 615. The number of guanidine groups is 1. The lowest BCUT2D eigenvalue weighted by Crippen LogP contribution is -2.39. The van der Waals surface area contributed by atoms with E-state index in [0.29, 0.717) is 0 Å². The first kappa shape index (κ1) is 21.4. The van der Waals surface area contributed by atoms with Crippen molar-refractivity contribution in [3.05, 3.63) is 48.3 Å². The summed E-state index contributed by atoms with van der Waals surface area (Å²) in [6.07, 6.45) is 5.84. The molecule has 0 radical (unpaired) electrons. The van der Waals surface area contributed by atoms with E-state index in [0.717, 1.165) is 50.8 Å². The number of hydrogen-bond donors (Lipinski definition) is 2. The van der Waals surface area contributed by atoms with Gasteiger partial charge in [0, 0.05) is 39.5 Å². The van der Waals surface area contributed by atoms with Gasteiger partial charge >= 0.3 is 0 Å². The highest BCUT2D eigenvalue weighted by Crippen LogP contribution is 2.07. The second kappa shape index (κ2) is 12.7. The van der Waals surface area contributed by atoms with Crippen molar-refractivity contribution >= 4 is 29.9 Å². The van der Waals surface area contributed by atoms with Gasteiger partial charge in [-0.2, -0.15) is 5.10 Å². The van der Waals surface area contributed by atoms with Crippen LogP contribution in [0.5, 0.6) is 0 Å². The molecule has 0 spiro atoms. The van der Waals surface area contributed by atoms with Crippen LogP contribution in [-0.2, 0) is 11.2 Å². The molecule has 138 valence electrons. The highest BCUT2D eigenvalue weighted by atomic mass is 127. The van der Waals surface area contributed by atoms with E-state index in [-0.39, 0.29) is 24.0 Å². The van der Waals surface area contributed by atoms with Crippen molar-refractivity contribution < 1.29 is 4.74 Å². The van der Waals surface area contributed by atoms with Gasteiger partial charge in [0.05, 0.1) is 11.9 Å². The van der Waals surface area contributed by atoms with Gasteiger partial charge in [-0.1, -0.05) is 18.2 Å². The molecule has 25 heavy (non-hydrogen) atoms. The fourth-order valence-electron chi connectivity index (χ4n) is 2.28. The maximum atomic E-state index is 5.32. The molecule has 1 aromatic carbocycles. The molecule has 2 N–H and O–H groups in total. The van der Waals surface area contributed by atoms with Crippen molar-refractivity contribution in [3.63, 3.8) is 0 Å². The number of aromatic nitrogens is 2. The number of halogens is 1. The van der Waals surface area contributed by atoms with Crippen molar-refractivity contribution in [1.29, 1.82) is 0 Å². The van der Waals surface area contributed by atoms with Gasteiger partial charge in [0.25, 0.3) is 0 Å². The Morgan fingerprint density at radius 3 is 2.68 bits per heavy atom. The van der Waals surface area contributed by atoms with Gasteiger partial charge in [-0.05, 0) is 37.5 Å². The lowest BCUT2D eigenvalue weighted by Gasteiger charge is -2.11. The summed E-state index contributed by atoms with van der Waals surface area (Å²) >= 11 is 0. The zero-order valence-corrected chi connectivity index (χ0v) is 17.3. The van der Waals surface area contributed by atoms with Gasteiger partial charge in [0.1, 0.15) is 0 Å². The maximum absolute atomic E-state index is 5.32. The number of rotatable bonds is 9. The standard InChI is InChI=1S/C18H27N5O.HI/c1-3-24-13-7-11-20-18(19-2)21-12-10-16-14-22-23(15-16)17-8-5-4-6-9-17;/h4-6,8-9,14-15H,3,7,10-13H2,1-2H3,(H2,19,20,21);1H. The van der Waals surface area contributed by atoms with Crippen LogP contribution in [0, 0.1) is 0 Å². The van der Waals surface area contributed by atoms with Crippen molar-refractivity contribution in [2.24, 2.45) is 4.99 Å². The lowest BCUT2D eigenvalue weighted by molar-refractivity contribution is 0.145. The van der Waals surface area contributed by atoms with E-state index in [1.807, 2.05) is 48.1 Å². The fraction of sp³-hybridized carbons (Fsp3) is 0.444. The van der Waals surface area contributed by atoms with Crippen LogP contribution >= 0.6 is 24.0 Å². The highest BCUT2D eigenvalue weighted by Gasteiger charge is 2.02. The quantitative estimate of drug-likeness (QED) is 0.263. The molecule has 6 nitrogen and oxygen atoms in total. The number of nitrogens with zero attached hydrogens (tertiary/aromatic N) is 3. The molecule has 0 aliphatic rings. The van der Waals surface area contributed by atoms with Crippen LogP contribution in [0.2, 0.25) is 0 Å². The molecule has 0 amide bonds. The van der Waals surface area contributed by atoms with Gasteiger partial charge in [-0.3, -0.25) is 4.99 Å². The SMILES string of the molecule is CCOCCCNC(=NC)NCCc1cnn(-c2ccccc2)c1.I. The predicted molar refractivity (Wildman–Crippen MR) is 113 cm³/mol. The summed E-state index contributed by atoms with van der Waals surface area (Å²) in [4.78, 5) is 4.22. The van der Waals surface area contributed by atoms with Crippen LogP contribution in [0.3, 0.4) is 0 Å². The van der Waals surface area contributed by atoms with Crippen LogP contribution in [0.1, 0.15) is 18.9 Å². The number of benzene rings is 1. The first-order valence-electron chi connectivity index (χ1n) is 8.44. The Morgan fingerprint density at radius 2 is 1.96 bits per heavy atom. The van der Waals surface area contributed by atoms with Crippen molar-refractivity contribution in [2.45, 2.75) is 19.8 Å². The largest absolute Gasteiger partial charge is 0.382 e. The number of nitrogens with one attached hydrogen (secondary N) is 2. The van der Waals surface area contributed by atoms with E-state index in [1.165, 1.54) is 5.56 Å². The Balaban J connectivity index is 0.00000312. The van der Waals surface area contributed by atoms with Gasteiger partial charge in [-0.15, -0.1) is 24.0 Å². The number of aliphatic imine (C=N–C) groups is 1. The summed E-state index contributed by atoms with van der Waals surface area (Å²) in [5.41, 5.74) is 2.27. The molecule has 0 aliphatic heterocycles. The van der Waals surface area contributed by atoms with Crippen LogP contribution in [-0.4, -0.2) is 49.1 Å². The van der Waals surface area contributed by atoms with E-state index in [2.05, 4.69) is 26.9 Å². The van der Waals surface area contributed by atoms with Crippen molar-refractivity contribution in [3.8, 4) is 5.69 Å². The summed E-state index contributed by atoms with van der Waals surface area (Å²) in [6.45, 7) is 5.22. The maximum Gasteiger partial charge on any atom is 0.190 e. The summed E-state index contributed by atoms with van der Waals surface area (Å²) in [7, 11) is 1.78. The second-order valence-electron chi connectivity index (χ2n) is 5.35. The smallest absolute Gasteiger partial charge is 0.190 e. The Kier molecular flexibility index (Phi) is 10.9. The molecule has 1 aromatic heterocycles. The zero-order valence-electron chi connectivity index (χ0n) is 14.9. The van der Waals surface area contributed by atoms with Crippen LogP contribution in [0.15, 0.2) is 47.7 Å². The minimum absolute atomic E-state index is 0. The van der Waals surface area contributed by atoms with E-state index in [1.54, 1.807) is 7.05 Å². The third-order valence-electron chi connectivity index (χ3n) is 3.55. The summed E-state index contributed by atoms with van der Waals surface area (Å²) in [6, 6.07) is 10.1. The van der Waals surface area contributed by atoms with Gasteiger partial charge in [0.15, 0.2) is 5.96 Å². The van der Waals surface area contributed by atoms with E-state index in [9.17, 15) is 0 Å². The Labute approximate surface area is 167 Å². The average Bonchev–Trinajstić information content (AvgIpc) is 3.09. The van der Waals surface area contributed by atoms with Crippen LogP contribution in [0.25, 0.3) is 5.69 Å². The molecule has 0 unspecified atom stereocenters. The van der Waals surface area contributed by atoms with Gasteiger partial charge in [0.2, 0.25) is 0 Å². The minimum atomic E-state index is 0. The van der Waals surface area contributed by atoms with Crippen LogP contribution < -0.4 is 10.6 Å². The first-order valence-corrected chi connectivity index (χ1v) is 8.44.